The highest BCUT2D eigenvalue weighted by molar-refractivity contribution is 5.97. The van der Waals surface area contributed by atoms with Crippen LogP contribution in [-0.2, 0) is 0 Å². The molecule has 2 aromatic carbocycles. The van der Waals surface area contributed by atoms with Gasteiger partial charge in [0.25, 0.3) is 5.91 Å². The van der Waals surface area contributed by atoms with Crippen LogP contribution in [0.1, 0.15) is 22.0 Å². The number of nitrogens with zero attached hydrogens (tertiary/aromatic N) is 2. The fourth-order valence-corrected chi connectivity index (χ4v) is 3.26. The van der Waals surface area contributed by atoms with Crippen molar-refractivity contribution in [2.24, 2.45) is 0 Å². The molecule has 1 saturated heterocycles. The number of piperazine rings is 1. The number of likely N-dealkylation sites (N-methyl/N-ethyl adjacent to an activating group) is 1. The molecule has 1 heterocycles. The van der Waals surface area contributed by atoms with Gasteiger partial charge in [-0.05, 0) is 36.9 Å². The number of hydrogen-bond acceptors (Lipinski definition) is 4. The van der Waals surface area contributed by atoms with Crippen molar-refractivity contribution in [3.05, 3.63) is 59.7 Å². The van der Waals surface area contributed by atoms with E-state index >= 15 is 0 Å². The number of rotatable bonds is 4. The van der Waals surface area contributed by atoms with Crippen molar-refractivity contribution in [3.63, 3.8) is 0 Å². The molecule has 3 rings (SSSR count). The van der Waals surface area contributed by atoms with Gasteiger partial charge in [-0.3, -0.25) is 9.69 Å². The van der Waals surface area contributed by atoms with E-state index in [9.17, 15) is 4.79 Å². The number of hydrogen-bond donors (Lipinski definition) is 0. The Morgan fingerprint density at radius 3 is 2.60 bits per heavy atom. The first kappa shape index (κ1) is 17.3. The second-order valence-corrected chi connectivity index (χ2v) is 6.22. The van der Waals surface area contributed by atoms with Gasteiger partial charge in [-0.1, -0.05) is 24.3 Å². The fraction of sp³-hybridized carbons (Fsp3) is 0.350. The Morgan fingerprint density at radius 1 is 1.04 bits per heavy atom. The third-order valence-electron chi connectivity index (χ3n) is 4.75. The molecule has 1 aliphatic heterocycles. The number of benzene rings is 2. The molecule has 0 bridgehead atoms. The highest BCUT2D eigenvalue weighted by Crippen LogP contribution is 2.28. The predicted octanol–water partition coefficient (Wildman–Crippen LogP) is 2.83. The monoisotopic (exact) mass is 340 g/mol. The van der Waals surface area contributed by atoms with E-state index in [1.807, 2.05) is 47.4 Å². The summed E-state index contributed by atoms with van der Waals surface area (Å²) >= 11 is 0. The van der Waals surface area contributed by atoms with Crippen LogP contribution in [0.25, 0.3) is 0 Å². The maximum Gasteiger partial charge on any atom is 0.257 e. The predicted molar refractivity (Wildman–Crippen MR) is 97.3 cm³/mol. The van der Waals surface area contributed by atoms with Gasteiger partial charge in [0.1, 0.15) is 11.5 Å². The lowest BCUT2D eigenvalue weighted by Gasteiger charge is -2.40. The zero-order chi connectivity index (χ0) is 17.8. The summed E-state index contributed by atoms with van der Waals surface area (Å²) < 4.78 is 10.7. The zero-order valence-electron chi connectivity index (χ0n) is 14.9. The van der Waals surface area contributed by atoms with Crippen LogP contribution in [0.15, 0.2) is 48.5 Å². The fourth-order valence-electron chi connectivity index (χ4n) is 3.26. The summed E-state index contributed by atoms with van der Waals surface area (Å²) in [4.78, 5) is 17.2. The van der Waals surface area contributed by atoms with Gasteiger partial charge < -0.3 is 14.4 Å². The van der Waals surface area contributed by atoms with Crippen LogP contribution < -0.4 is 9.47 Å². The van der Waals surface area contributed by atoms with E-state index in [-0.39, 0.29) is 11.9 Å². The van der Waals surface area contributed by atoms with Crippen molar-refractivity contribution in [1.82, 2.24) is 9.80 Å². The van der Waals surface area contributed by atoms with Crippen LogP contribution in [0.2, 0.25) is 0 Å². The molecular weight excluding hydrogens is 316 g/mol. The van der Waals surface area contributed by atoms with Crippen molar-refractivity contribution in [2.45, 2.75) is 6.04 Å². The molecule has 1 amide bonds. The van der Waals surface area contributed by atoms with Crippen LogP contribution in [0.4, 0.5) is 0 Å². The van der Waals surface area contributed by atoms with Crippen LogP contribution in [-0.4, -0.2) is 56.6 Å². The maximum atomic E-state index is 13.0. The van der Waals surface area contributed by atoms with Gasteiger partial charge in [-0.25, -0.2) is 0 Å². The van der Waals surface area contributed by atoms with Gasteiger partial charge in [0, 0.05) is 19.6 Å². The zero-order valence-corrected chi connectivity index (χ0v) is 14.9. The Balaban J connectivity index is 1.83. The van der Waals surface area contributed by atoms with Crippen LogP contribution in [0, 0.1) is 0 Å². The first-order chi connectivity index (χ1) is 12.1. The largest absolute Gasteiger partial charge is 0.497 e. The van der Waals surface area contributed by atoms with E-state index in [4.69, 9.17) is 9.47 Å². The molecular formula is C20H24N2O3. The average Bonchev–Trinajstić information content (AvgIpc) is 2.67. The molecule has 0 radical (unpaired) electrons. The summed E-state index contributed by atoms with van der Waals surface area (Å²) in [5.74, 6) is 1.46. The van der Waals surface area contributed by atoms with Crippen LogP contribution >= 0.6 is 0 Å². The highest BCUT2D eigenvalue weighted by Gasteiger charge is 2.30. The van der Waals surface area contributed by atoms with Crippen LogP contribution in [0.5, 0.6) is 11.5 Å². The topological polar surface area (TPSA) is 42.0 Å². The molecule has 132 valence electrons. The number of methoxy groups -OCH3 is 2. The normalized spacial score (nSPS) is 18.0. The lowest BCUT2D eigenvalue weighted by molar-refractivity contribution is 0.0543. The van der Waals surface area contributed by atoms with Gasteiger partial charge in [0.15, 0.2) is 0 Å². The van der Waals surface area contributed by atoms with E-state index in [0.29, 0.717) is 24.4 Å². The minimum absolute atomic E-state index is 0.0125. The Kier molecular flexibility index (Phi) is 5.24. The lowest BCUT2D eigenvalue weighted by atomic mass is 10.0. The van der Waals surface area contributed by atoms with E-state index in [0.717, 1.165) is 17.9 Å². The average molecular weight is 340 g/mol. The SMILES string of the molecule is COc1cccc(C2CN(C(=O)c3ccccc3OC)CCN2C)c1. The van der Waals surface area contributed by atoms with Gasteiger partial charge in [0.2, 0.25) is 0 Å². The van der Waals surface area contributed by atoms with Crippen molar-refractivity contribution in [3.8, 4) is 11.5 Å². The van der Waals surface area contributed by atoms with Crippen molar-refractivity contribution in [2.75, 3.05) is 40.9 Å². The molecule has 0 spiro atoms. The summed E-state index contributed by atoms with van der Waals surface area (Å²) in [5.41, 5.74) is 1.76. The van der Waals surface area contributed by atoms with Gasteiger partial charge in [-0.2, -0.15) is 0 Å². The second kappa shape index (κ2) is 7.57. The Morgan fingerprint density at radius 2 is 1.84 bits per heavy atom. The van der Waals surface area contributed by atoms with Crippen molar-refractivity contribution >= 4 is 5.91 Å². The molecule has 2 aromatic rings. The molecule has 0 aromatic heterocycles. The molecule has 0 saturated carbocycles. The summed E-state index contributed by atoms with van der Waals surface area (Å²) in [6.45, 7) is 2.16. The summed E-state index contributed by atoms with van der Waals surface area (Å²) in [6.07, 6.45) is 0. The van der Waals surface area contributed by atoms with Crippen molar-refractivity contribution < 1.29 is 14.3 Å². The molecule has 1 atom stereocenters. The molecule has 25 heavy (non-hydrogen) atoms. The van der Waals surface area contributed by atoms with Crippen molar-refractivity contribution in [1.29, 1.82) is 0 Å². The molecule has 1 fully saturated rings. The second-order valence-electron chi connectivity index (χ2n) is 6.22. The smallest absolute Gasteiger partial charge is 0.257 e. The maximum absolute atomic E-state index is 13.0. The standard InChI is InChI=1S/C20H24N2O3/c1-21-11-12-22(20(23)17-9-4-5-10-19(17)25-3)14-18(21)15-7-6-8-16(13-15)24-2/h4-10,13,18H,11-12,14H2,1-3H3. The molecule has 0 N–H and O–H groups in total. The number of amides is 1. The highest BCUT2D eigenvalue weighted by atomic mass is 16.5. The molecule has 0 aliphatic carbocycles. The lowest BCUT2D eigenvalue weighted by Crippen LogP contribution is -2.49. The first-order valence-electron chi connectivity index (χ1n) is 8.40. The summed E-state index contributed by atoms with van der Waals surface area (Å²) in [7, 11) is 5.35. The number of carbonyl (C=O) groups is 1. The molecule has 1 unspecified atom stereocenters. The molecule has 1 aliphatic rings. The van der Waals surface area contributed by atoms with E-state index < -0.39 is 0 Å². The Hall–Kier alpha value is -2.53. The number of para-hydroxylation sites is 1. The van der Waals surface area contributed by atoms with E-state index in [1.165, 1.54) is 0 Å². The number of carbonyl (C=O) groups excluding carboxylic acids is 1. The summed E-state index contributed by atoms with van der Waals surface area (Å²) in [5, 5.41) is 0. The molecule has 5 heteroatoms. The van der Waals surface area contributed by atoms with Crippen LogP contribution in [0.3, 0.4) is 0 Å². The first-order valence-corrected chi connectivity index (χ1v) is 8.40. The van der Waals surface area contributed by atoms with Gasteiger partial charge >= 0.3 is 0 Å². The third kappa shape index (κ3) is 3.61. The Bertz CT molecular complexity index is 747. The quantitative estimate of drug-likeness (QED) is 0.858. The minimum Gasteiger partial charge on any atom is -0.497 e. The van der Waals surface area contributed by atoms with E-state index in [1.54, 1.807) is 14.2 Å². The number of ether oxygens (including phenoxy) is 2. The van der Waals surface area contributed by atoms with E-state index in [2.05, 4.69) is 18.0 Å². The van der Waals surface area contributed by atoms with Gasteiger partial charge in [0.05, 0.1) is 25.8 Å². The Labute approximate surface area is 148 Å². The minimum atomic E-state index is 0.0125. The summed E-state index contributed by atoms with van der Waals surface area (Å²) in [6, 6.07) is 15.6. The van der Waals surface area contributed by atoms with Gasteiger partial charge in [-0.15, -0.1) is 0 Å². The third-order valence-corrected chi connectivity index (χ3v) is 4.75. The molecule has 5 nitrogen and oxygen atoms in total.